The lowest BCUT2D eigenvalue weighted by Crippen LogP contribution is -2.51. The van der Waals surface area contributed by atoms with Gasteiger partial charge in [-0.1, -0.05) is 25.5 Å². The summed E-state index contributed by atoms with van der Waals surface area (Å²) >= 11 is 0. The summed E-state index contributed by atoms with van der Waals surface area (Å²) < 4.78 is 0. The fourth-order valence-corrected chi connectivity index (χ4v) is 4.52. The van der Waals surface area contributed by atoms with E-state index < -0.39 is 0 Å². The molecule has 0 saturated carbocycles. The van der Waals surface area contributed by atoms with Gasteiger partial charge in [-0.25, -0.2) is 0 Å². The molecule has 0 amide bonds. The number of piperazine rings is 2. The van der Waals surface area contributed by atoms with Crippen LogP contribution in [0.5, 0.6) is 0 Å². The SMILES string of the molecule is CC1=C(/C=C/C(=O)C=C(N2CCNCC2)N2CCNCC2)C(C)(C)CCC1. The van der Waals surface area contributed by atoms with Crippen LogP contribution in [-0.4, -0.2) is 67.9 Å². The van der Waals surface area contributed by atoms with Crippen LogP contribution in [0.25, 0.3) is 0 Å². The third-order valence-corrected chi connectivity index (χ3v) is 6.11. The molecule has 3 rings (SSSR count). The molecule has 5 heteroatoms. The van der Waals surface area contributed by atoms with E-state index in [1.165, 1.54) is 24.0 Å². The van der Waals surface area contributed by atoms with Crippen molar-refractivity contribution >= 4 is 5.78 Å². The molecule has 2 N–H and O–H groups in total. The van der Waals surface area contributed by atoms with Gasteiger partial charge >= 0.3 is 0 Å². The molecule has 0 spiro atoms. The Balaban J connectivity index is 1.78. The molecule has 1 aliphatic carbocycles. The zero-order valence-electron chi connectivity index (χ0n) is 17.3. The predicted molar refractivity (Wildman–Crippen MR) is 111 cm³/mol. The first kappa shape index (κ1) is 20.2. The lowest BCUT2D eigenvalue weighted by atomic mass is 9.72. The number of carbonyl (C=O) groups excluding carboxylic acids is 1. The molecular formula is C22H36N4O. The van der Waals surface area contributed by atoms with Gasteiger partial charge in [0.15, 0.2) is 5.78 Å². The van der Waals surface area contributed by atoms with E-state index in [9.17, 15) is 4.79 Å². The molecule has 2 fully saturated rings. The van der Waals surface area contributed by atoms with Crippen LogP contribution in [-0.2, 0) is 4.79 Å². The Morgan fingerprint density at radius 1 is 1.00 bits per heavy atom. The van der Waals surface area contributed by atoms with E-state index in [1.807, 2.05) is 6.08 Å². The van der Waals surface area contributed by atoms with Gasteiger partial charge in [-0.2, -0.15) is 0 Å². The van der Waals surface area contributed by atoms with Crippen molar-refractivity contribution in [3.8, 4) is 0 Å². The average molecular weight is 373 g/mol. The smallest absolute Gasteiger partial charge is 0.182 e. The standard InChI is InChI=1S/C22H36N4O/c1-18-5-4-8-22(2,3)20(18)7-6-19(27)17-21(25-13-9-23-10-14-25)26-15-11-24-12-16-26/h6-7,17,23-24H,4-5,8-16H2,1-3H3/b7-6+. The molecule has 0 radical (unpaired) electrons. The Morgan fingerprint density at radius 3 is 2.07 bits per heavy atom. The third kappa shape index (κ3) is 5.23. The first-order valence-electron chi connectivity index (χ1n) is 10.5. The van der Waals surface area contributed by atoms with E-state index in [0.29, 0.717) is 0 Å². The van der Waals surface area contributed by atoms with Crippen molar-refractivity contribution in [1.82, 2.24) is 20.4 Å². The molecule has 5 nitrogen and oxygen atoms in total. The summed E-state index contributed by atoms with van der Waals surface area (Å²) in [5.41, 5.74) is 2.95. The lowest BCUT2D eigenvalue weighted by Gasteiger charge is -2.40. The Hall–Kier alpha value is -1.59. The Kier molecular flexibility index (Phi) is 6.77. The van der Waals surface area contributed by atoms with Crippen LogP contribution in [0.15, 0.2) is 35.2 Å². The van der Waals surface area contributed by atoms with Crippen LogP contribution in [0.3, 0.4) is 0 Å². The number of hydrogen-bond acceptors (Lipinski definition) is 5. The molecule has 2 saturated heterocycles. The fraction of sp³-hybridized carbons (Fsp3) is 0.682. The number of nitrogens with zero attached hydrogens (tertiary/aromatic N) is 2. The minimum atomic E-state index is 0.101. The number of hydrogen-bond donors (Lipinski definition) is 2. The molecule has 0 aromatic rings. The number of nitrogens with one attached hydrogen (secondary N) is 2. The Labute approximate surface area is 164 Å². The van der Waals surface area contributed by atoms with Crippen LogP contribution in [0.1, 0.15) is 40.0 Å². The van der Waals surface area contributed by atoms with Crippen LogP contribution >= 0.6 is 0 Å². The largest absolute Gasteiger partial charge is 0.356 e. The molecule has 3 aliphatic rings. The molecule has 2 heterocycles. The monoisotopic (exact) mass is 372 g/mol. The van der Waals surface area contributed by atoms with Crippen LogP contribution in [0, 0.1) is 5.41 Å². The Morgan fingerprint density at radius 2 is 1.56 bits per heavy atom. The maximum atomic E-state index is 12.8. The van der Waals surface area contributed by atoms with Crippen molar-refractivity contribution < 1.29 is 4.79 Å². The average Bonchev–Trinajstić information content (AvgIpc) is 2.66. The van der Waals surface area contributed by atoms with Gasteiger partial charge in [0.1, 0.15) is 5.82 Å². The zero-order chi connectivity index (χ0) is 19.3. The third-order valence-electron chi connectivity index (χ3n) is 6.11. The molecule has 0 aromatic carbocycles. The van der Waals surface area contributed by atoms with Crippen molar-refractivity contribution in [3.63, 3.8) is 0 Å². The molecule has 150 valence electrons. The zero-order valence-corrected chi connectivity index (χ0v) is 17.3. The number of ketones is 1. The quantitative estimate of drug-likeness (QED) is 0.725. The summed E-state index contributed by atoms with van der Waals surface area (Å²) in [6, 6.07) is 0. The number of rotatable bonds is 5. The van der Waals surface area contributed by atoms with E-state index in [-0.39, 0.29) is 11.2 Å². The molecular weight excluding hydrogens is 336 g/mol. The first-order chi connectivity index (χ1) is 13.0. The summed E-state index contributed by atoms with van der Waals surface area (Å²) in [4.78, 5) is 17.6. The van der Waals surface area contributed by atoms with Gasteiger partial charge in [-0.05, 0) is 43.3 Å². The molecule has 0 unspecified atom stereocenters. The lowest BCUT2D eigenvalue weighted by molar-refractivity contribution is -0.110. The predicted octanol–water partition coefficient (Wildman–Crippen LogP) is 2.29. The summed E-state index contributed by atoms with van der Waals surface area (Å²) in [5, 5.41) is 6.81. The molecule has 27 heavy (non-hydrogen) atoms. The highest BCUT2D eigenvalue weighted by Crippen LogP contribution is 2.40. The van der Waals surface area contributed by atoms with Crippen LogP contribution in [0.4, 0.5) is 0 Å². The topological polar surface area (TPSA) is 47.6 Å². The van der Waals surface area contributed by atoms with Crippen LogP contribution < -0.4 is 10.6 Å². The van der Waals surface area contributed by atoms with E-state index >= 15 is 0 Å². The second-order valence-electron chi connectivity index (χ2n) is 8.64. The summed E-state index contributed by atoms with van der Waals surface area (Å²) in [5.74, 6) is 1.20. The van der Waals surface area contributed by atoms with Crippen molar-refractivity contribution in [2.24, 2.45) is 5.41 Å². The van der Waals surface area contributed by atoms with Gasteiger partial charge in [-0.15, -0.1) is 0 Å². The summed E-state index contributed by atoms with van der Waals surface area (Å²) in [6.07, 6.45) is 9.33. The molecule has 0 bridgehead atoms. The van der Waals surface area contributed by atoms with E-state index in [0.717, 1.165) is 64.6 Å². The minimum absolute atomic E-state index is 0.101. The van der Waals surface area contributed by atoms with E-state index in [1.54, 1.807) is 6.08 Å². The number of allylic oxidation sites excluding steroid dienone is 5. The van der Waals surface area contributed by atoms with Gasteiger partial charge in [0, 0.05) is 58.4 Å². The van der Waals surface area contributed by atoms with Gasteiger partial charge in [0.2, 0.25) is 0 Å². The Bertz CT molecular complexity index is 600. The second kappa shape index (κ2) is 9.07. The first-order valence-corrected chi connectivity index (χ1v) is 10.5. The molecule has 0 atom stereocenters. The summed E-state index contributed by atoms with van der Waals surface area (Å²) in [7, 11) is 0. The van der Waals surface area contributed by atoms with Gasteiger partial charge < -0.3 is 20.4 Å². The van der Waals surface area contributed by atoms with E-state index in [4.69, 9.17) is 0 Å². The fourth-order valence-electron chi connectivity index (χ4n) is 4.52. The normalized spacial score (nSPS) is 23.7. The van der Waals surface area contributed by atoms with Crippen molar-refractivity contribution in [2.75, 3.05) is 52.4 Å². The van der Waals surface area contributed by atoms with Crippen molar-refractivity contribution in [2.45, 2.75) is 40.0 Å². The van der Waals surface area contributed by atoms with Gasteiger partial charge in [-0.3, -0.25) is 4.79 Å². The number of carbonyl (C=O) groups is 1. The minimum Gasteiger partial charge on any atom is -0.356 e. The highest BCUT2D eigenvalue weighted by atomic mass is 16.1. The van der Waals surface area contributed by atoms with Crippen molar-refractivity contribution in [3.05, 3.63) is 35.2 Å². The summed E-state index contributed by atoms with van der Waals surface area (Å²) in [6.45, 7) is 14.6. The highest BCUT2D eigenvalue weighted by Gasteiger charge is 2.27. The van der Waals surface area contributed by atoms with Crippen LogP contribution in [0.2, 0.25) is 0 Å². The molecule has 2 aliphatic heterocycles. The maximum absolute atomic E-state index is 12.8. The highest BCUT2D eigenvalue weighted by molar-refractivity contribution is 5.99. The van der Waals surface area contributed by atoms with Gasteiger partial charge in [0.05, 0.1) is 0 Å². The molecule has 0 aromatic heterocycles. The van der Waals surface area contributed by atoms with Gasteiger partial charge in [0.25, 0.3) is 0 Å². The van der Waals surface area contributed by atoms with Crippen molar-refractivity contribution in [1.29, 1.82) is 0 Å². The maximum Gasteiger partial charge on any atom is 0.182 e. The second-order valence-corrected chi connectivity index (χ2v) is 8.64. The van der Waals surface area contributed by atoms with E-state index in [2.05, 4.69) is 47.3 Å².